The molecule has 2 N–H and O–H groups in total. The normalized spacial score (nSPS) is 14.1. The highest BCUT2D eigenvalue weighted by atomic mass is 16.2. The summed E-state index contributed by atoms with van der Waals surface area (Å²) in [5.74, 6) is 0. The monoisotopic (exact) mass is 368 g/mol. The van der Waals surface area contributed by atoms with Gasteiger partial charge in [-0.3, -0.25) is 0 Å². The van der Waals surface area contributed by atoms with Crippen molar-refractivity contribution in [1.29, 1.82) is 0 Å². The van der Waals surface area contributed by atoms with E-state index in [0.29, 0.717) is 0 Å². The Morgan fingerprint density at radius 2 is 1.30 bits per heavy atom. The first-order valence-corrected chi connectivity index (χ1v) is 9.70. The third-order valence-electron chi connectivity index (χ3n) is 4.30. The number of piperazine rings is 1. The Morgan fingerprint density at radius 3 is 1.78 bits per heavy atom. The number of nitrogens with one attached hydrogen (secondary N) is 2. The van der Waals surface area contributed by atoms with Gasteiger partial charge in [0.2, 0.25) is 0 Å². The van der Waals surface area contributed by atoms with Crippen LogP contribution in [0.5, 0.6) is 0 Å². The molecule has 0 unspecified atom stereocenters. The van der Waals surface area contributed by atoms with E-state index in [2.05, 4.69) is 53.5 Å². The van der Waals surface area contributed by atoms with E-state index in [0.717, 1.165) is 37.6 Å². The van der Waals surface area contributed by atoms with Crippen LogP contribution in [0.3, 0.4) is 0 Å². The van der Waals surface area contributed by atoms with E-state index < -0.39 is 0 Å². The Hall–Kier alpha value is -2.53. The van der Waals surface area contributed by atoms with E-state index in [1.54, 1.807) is 0 Å². The SMILES string of the molecule is CCC.Cc1ccc(NC(=O)Nc2ccc(N3CCN(C)CC3)cc2)cc1. The zero-order valence-electron chi connectivity index (χ0n) is 17.0. The van der Waals surface area contributed by atoms with E-state index in [-0.39, 0.29) is 6.03 Å². The number of amides is 2. The molecule has 0 aliphatic carbocycles. The Morgan fingerprint density at radius 1 is 0.852 bits per heavy atom. The molecule has 1 saturated heterocycles. The molecule has 0 spiro atoms. The van der Waals surface area contributed by atoms with Crippen LogP contribution in [-0.4, -0.2) is 44.2 Å². The summed E-state index contributed by atoms with van der Waals surface area (Å²) in [6, 6.07) is 15.5. The van der Waals surface area contributed by atoms with Crippen LogP contribution in [0.2, 0.25) is 0 Å². The molecule has 5 nitrogen and oxygen atoms in total. The summed E-state index contributed by atoms with van der Waals surface area (Å²) in [6.07, 6.45) is 1.25. The van der Waals surface area contributed by atoms with Gasteiger partial charge in [0.1, 0.15) is 0 Å². The van der Waals surface area contributed by atoms with Gasteiger partial charge in [-0.25, -0.2) is 4.79 Å². The molecule has 1 fully saturated rings. The van der Waals surface area contributed by atoms with Crippen molar-refractivity contribution < 1.29 is 4.79 Å². The smallest absolute Gasteiger partial charge is 0.323 e. The molecule has 1 aliphatic heterocycles. The van der Waals surface area contributed by atoms with Crippen molar-refractivity contribution in [2.45, 2.75) is 27.2 Å². The van der Waals surface area contributed by atoms with Crippen LogP contribution in [-0.2, 0) is 0 Å². The van der Waals surface area contributed by atoms with Crippen molar-refractivity contribution in [2.75, 3.05) is 48.8 Å². The lowest BCUT2D eigenvalue weighted by Crippen LogP contribution is -2.44. The maximum Gasteiger partial charge on any atom is 0.323 e. The first kappa shape index (κ1) is 20.8. The van der Waals surface area contributed by atoms with Gasteiger partial charge in [-0.05, 0) is 50.4 Å². The van der Waals surface area contributed by atoms with Gasteiger partial charge in [-0.15, -0.1) is 0 Å². The maximum atomic E-state index is 12.1. The minimum Gasteiger partial charge on any atom is -0.369 e. The number of hydrogen-bond acceptors (Lipinski definition) is 3. The predicted octanol–water partition coefficient (Wildman–Crippen LogP) is 4.81. The summed E-state index contributed by atoms with van der Waals surface area (Å²) in [4.78, 5) is 16.8. The lowest BCUT2D eigenvalue weighted by Gasteiger charge is -2.34. The van der Waals surface area contributed by atoms with Gasteiger partial charge in [0.25, 0.3) is 0 Å². The van der Waals surface area contributed by atoms with Crippen molar-refractivity contribution in [3.05, 3.63) is 54.1 Å². The first-order valence-electron chi connectivity index (χ1n) is 9.70. The second kappa shape index (κ2) is 10.6. The zero-order valence-corrected chi connectivity index (χ0v) is 17.0. The van der Waals surface area contributed by atoms with Crippen LogP contribution in [0, 0.1) is 6.92 Å². The average Bonchev–Trinajstić information content (AvgIpc) is 2.66. The van der Waals surface area contributed by atoms with Crippen LogP contribution >= 0.6 is 0 Å². The molecule has 0 radical (unpaired) electrons. The minimum atomic E-state index is -0.230. The van der Waals surface area contributed by atoms with Crippen molar-refractivity contribution >= 4 is 23.1 Å². The van der Waals surface area contributed by atoms with Crippen LogP contribution < -0.4 is 15.5 Å². The largest absolute Gasteiger partial charge is 0.369 e. The van der Waals surface area contributed by atoms with E-state index >= 15 is 0 Å². The topological polar surface area (TPSA) is 47.6 Å². The molecular formula is C22H32N4O. The number of carbonyl (C=O) groups is 1. The van der Waals surface area contributed by atoms with Crippen molar-refractivity contribution in [1.82, 2.24) is 4.90 Å². The molecule has 0 saturated carbocycles. The van der Waals surface area contributed by atoms with Gasteiger partial charge in [-0.1, -0.05) is 38.0 Å². The predicted molar refractivity (Wildman–Crippen MR) is 116 cm³/mol. The summed E-state index contributed by atoms with van der Waals surface area (Å²) >= 11 is 0. The van der Waals surface area contributed by atoms with E-state index in [1.807, 2.05) is 43.3 Å². The first-order chi connectivity index (χ1) is 13.0. The van der Waals surface area contributed by atoms with Gasteiger partial charge >= 0.3 is 6.03 Å². The molecule has 27 heavy (non-hydrogen) atoms. The fourth-order valence-electron chi connectivity index (χ4n) is 2.75. The van der Waals surface area contributed by atoms with Crippen molar-refractivity contribution in [2.24, 2.45) is 0 Å². The summed E-state index contributed by atoms with van der Waals surface area (Å²) in [5, 5.41) is 5.70. The van der Waals surface area contributed by atoms with Crippen LogP contribution in [0.25, 0.3) is 0 Å². The fourth-order valence-corrected chi connectivity index (χ4v) is 2.75. The molecule has 5 heteroatoms. The highest BCUT2D eigenvalue weighted by molar-refractivity contribution is 5.99. The molecule has 1 aliphatic rings. The highest BCUT2D eigenvalue weighted by Gasteiger charge is 2.14. The number of anilines is 3. The lowest BCUT2D eigenvalue weighted by atomic mass is 10.2. The molecule has 0 bridgehead atoms. The Kier molecular flexibility index (Phi) is 8.14. The number of aryl methyl sites for hydroxylation is 1. The van der Waals surface area contributed by atoms with Gasteiger partial charge in [0, 0.05) is 43.2 Å². The molecule has 2 aromatic rings. The van der Waals surface area contributed by atoms with E-state index in [4.69, 9.17) is 0 Å². The number of urea groups is 1. The molecule has 0 aromatic heterocycles. The summed E-state index contributed by atoms with van der Waals surface area (Å²) in [5.41, 5.74) is 3.94. The van der Waals surface area contributed by atoms with Gasteiger partial charge in [0.15, 0.2) is 0 Å². The van der Waals surface area contributed by atoms with Gasteiger partial charge in [-0.2, -0.15) is 0 Å². The minimum absolute atomic E-state index is 0.230. The van der Waals surface area contributed by atoms with E-state index in [1.165, 1.54) is 17.7 Å². The number of nitrogens with zero attached hydrogens (tertiary/aromatic N) is 2. The van der Waals surface area contributed by atoms with Crippen LogP contribution in [0.4, 0.5) is 21.9 Å². The maximum absolute atomic E-state index is 12.1. The van der Waals surface area contributed by atoms with Crippen molar-refractivity contribution in [3.8, 4) is 0 Å². The summed E-state index contributed by atoms with van der Waals surface area (Å²) in [7, 11) is 2.15. The Balaban J connectivity index is 0.000000817. The molecular weight excluding hydrogens is 336 g/mol. The number of rotatable bonds is 3. The molecule has 146 valence electrons. The van der Waals surface area contributed by atoms with E-state index in [9.17, 15) is 4.79 Å². The molecule has 0 atom stereocenters. The molecule has 3 rings (SSSR count). The Labute approximate surface area is 163 Å². The third kappa shape index (κ3) is 6.94. The van der Waals surface area contributed by atoms with Gasteiger partial charge < -0.3 is 20.4 Å². The second-order valence-corrected chi connectivity index (χ2v) is 6.99. The van der Waals surface area contributed by atoms with Crippen LogP contribution in [0.15, 0.2) is 48.5 Å². The Bertz CT molecular complexity index is 689. The number of likely N-dealkylation sites (N-methyl/N-ethyl adjacent to an activating group) is 1. The second-order valence-electron chi connectivity index (χ2n) is 6.99. The number of benzene rings is 2. The lowest BCUT2D eigenvalue weighted by molar-refractivity contribution is 0.262. The molecule has 2 amide bonds. The molecule has 2 aromatic carbocycles. The summed E-state index contributed by atoms with van der Waals surface area (Å²) < 4.78 is 0. The summed E-state index contributed by atoms with van der Waals surface area (Å²) in [6.45, 7) is 10.5. The fraction of sp³-hybridized carbons (Fsp3) is 0.409. The standard InChI is InChI=1S/C19H24N4O.C3H8/c1-15-3-5-16(6-4-15)20-19(24)21-17-7-9-18(10-8-17)23-13-11-22(2)12-14-23;1-3-2/h3-10H,11-14H2,1-2H3,(H2,20,21,24);3H2,1-2H3. The average molecular weight is 369 g/mol. The third-order valence-corrected chi connectivity index (χ3v) is 4.30. The van der Waals surface area contributed by atoms with Gasteiger partial charge in [0.05, 0.1) is 0 Å². The number of hydrogen-bond donors (Lipinski definition) is 2. The highest BCUT2D eigenvalue weighted by Crippen LogP contribution is 2.19. The quantitative estimate of drug-likeness (QED) is 0.817. The van der Waals surface area contributed by atoms with Crippen LogP contribution in [0.1, 0.15) is 25.8 Å². The number of carbonyl (C=O) groups excluding carboxylic acids is 1. The van der Waals surface area contributed by atoms with Crippen molar-refractivity contribution in [3.63, 3.8) is 0 Å². The zero-order chi connectivity index (χ0) is 19.6. The molecule has 1 heterocycles.